The molecule has 2 fully saturated rings. The van der Waals surface area contributed by atoms with Gasteiger partial charge in [-0.15, -0.1) is 15.3 Å². The second kappa shape index (κ2) is 36.1. The molecule has 24 nitrogen and oxygen atoms in total. The molecule has 0 saturated carbocycles. The van der Waals surface area contributed by atoms with Crippen LogP contribution in [0, 0.1) is 68.2 Å². The van der Waals surface area contributed by atoms with E-state index in [0.29, 0.717) is 114 Å². The van der Waals surface area contributed by atoms with E-state index in [1.165, 1.54) is 20.8 Å². The number of hydrogen-bond donors (Lipinski definition) is 3. The molecule has 0 unspecified atom stereocenters. The number of halogens is 9. The van der Waals surface area contributed by atoms with Crippen molar-refractivity contribution in [3.05, 3.63) is 229 Å². The Kier molecular flexibility index (Phi) is 26.2. The summed E-state index contributed by atoms with van der Waals surface area (Å²) in [4.78, 5) is 43.9. The Morgan fingerprint density at radius 2 is 0.748 bits per heavy atom. The first-order valence-corrected chi connectivity index (χ1v) is 39.0. The third-order valence-corrected chi connectivity index (χ3v) is 22.0. The van der Waals surface area contributed by atoms with Crippen LogP contribution in [0.25, 0.3) is 50.8 Å². The monoisotopic (exact) mass is 1640 g/mol. The maximum Gasteiger partial charge on any atom is 0.416 e. The Morgan fingerprint density at radius 1 is 0.429 bits per heavy atom. The van der Waals surface area contributed by atoms with Gasteiger partial charge in [-0.3, -0.25) is 38.2 Å². The van der Waals surface area contributed by atoms with Crippen molar-refractivity contribution < 1.29 is 58.6 Å². The Balaban J connectivity index is 0.000000164. The van der Waals surface area contributed by atoms with Crippen LogP contribution in [-0.4, -0.2) is 141 Å². The number of rotatable bonds is 20. The molecule has 12 aromatic rings. The summed E-state index contributed by atoms with van der Waals surface area (Å²) in [5.74, 6) is -1.09. The molecule has 626 valence electrons. The zero-order valence-electron chi connectivity index (χ0n) is 68.7. The fourth-order valence-electron chi connectivity index (χ4n) is 14.4. The van der Waals surface area contributed by atoms with E-state index < -0.39 is 52.9 Å². The topological polar surface area (TPSA) is 249 Å². The van der Waals surface area contributed by atoms with Gasteiger partial charge in [0.15, 0.2) is 0 Å². The minimum atomic E-state index is -4.56. The lowest BCUT2D eigenvalue weighted by Crippen LogP contribution is -2.36. The van der Waals surface area contributed by atoms with Gasteiger partial charge in [0.2, 0.25) is 0 Å². The summed E-state index contributed by atoms with van der Waals surface area (Å²) in [6.45, 7) is 24.9. The maximum atomic E-state index is 13.9. The number of hydrogen-bond acceptors (Lipinski definition) is 15. The molecule has 0 aliphatic carbocycles. The van der Waals surface area contributed by atoms with Crippen LogP contribution < -0.4 is 16.0 Å². The lowest BCUT2D eigenvalue weighted by molar-refractivity contribution is -0.138. The van der Waals surface area contributed by atoms with Crippen LogP contribution >= 0.6 is 0 Å². The maximum absolute atomic E-state index is 13.9. The number of benzene rings is 6. The fraction of sp³-hybridized carbons (Fsp3) is 0.372. The van der Waals surface area contributed by atoms with E-state index in [2.05, 4.69) is 80.9 Å². The summed E-state index contributed by atoms with van der Waals surface area (Å²) in [6.07, 6.45) is 2.20. The molecule has 8 heterocycles. The minimum Gasteiger partial charge on any atom is -0.379 e. The third kappa shape index (κ3) is 20.4. The first kappa shape index (κ1) is 86.4. The molecule has 2 saturated heterocycles. The average Bonchev–Trinajstić information content (AvgIpc) is 1.61. The lowest BCUT2D eigenvalue weighted by atomic mass is 9.95. The smallest absolute Gasteiger partial charge is 0.379 e. The number of amides is 3. The number of morpholine rings is 1. The standard InChI is InChI=1S/C29H32F3N7O.C29H33F3N6O.C28H30F3N7O2/c1-18-8-9-21(13-27(18)39-17-26(35-36-39)24-15-33-37(4)20(24)3)28(40)34-23-12-22(16-38-10-6-5-7-11-38)19(2)25(14-23)29(30,31)32;1-17(2)8-7-9-21-12-23(14-25(19(21)4)29(30,31)32)34-28(39)22-11-10-18(3)27(13-22)38-16-26(35-36-38)24-15-33-37(6)20(24)5;1-17-5-6-20(12-26(17)38-16-25(34-35-38)23-14-32-36(4)19(23)3)27(39)33-22-11-21(15-37-7-9-40-10-8-37)18(2)24(13-22)28(29,30)31/h8-9,12-15,17H,5-7,10-11,16H2,1-4H3,(H,34,40);10-17H,7-9H2,1-6H3,(H,34,39);5-6,11-14,16H,7-10,15H2,1-4H3,(H,33,39). The molecular weight excluding hydrogens is 1550 g/mol. The van der Waals surface area contributed by atoms with E-state index >= 15 is 0 Å². The van der Waals surface area contributed by atoms with Gasteiger partial charge in [-0.1, -0.05) is 60.5 Å². The molecule has 33 heteroatoms. The van der Waals surface area contributed by atoms with Crippen molar-refractivity contribution in [3.8, 4) is 50.8 Å². The Bertz CT molecular complexity index is 5460. The summed E-state index contributed by atoms with van der Waals surface area (Å²) in [7, 11) is 5.53. The second-order valence-electron chi connectivity index (χ2n) is 30.7. The van der Waals surface area contributed by atoms with Gasteiger partial charge in [-0.05, 0) is 230 Å². The van der Waals surface area contributed by atoms with E-state index in [1.807, 2.05) is 67.6 Å². The first-order chi connectivity index (χ1) is 56.4. The van der Waals surface area contributed by atoms with Gasteiger partial charge in [-0.25, -0.2) is 14.0 Å². The molecular formula is C86H95F9N20O4. The molecule has 3 amide bonds. The van der Waals surface area contributed by atoms with Gasteiger partial charge >= 0.3 is 18.5 Å². The number of alkyl halides is 9. The van der Waals surface area contributed by atoms with Gasteiger partial charge in [0, 0.05) is 115 Å². The molecule has 2 aliphatic rings. The number of anilines is 3. The summed E-state index contributed by atoms with van der Waals surface area (Å²) in [5.41, 5.74) is 12.9. The Morgan fingerprint density at radius 3 is 1.06 bits per heavy atom. The molecule has 119 heavy (non-hydrogen) atoms. The number of carbonyl (C=O) groups excluding carboxylic acids is 3. The number of likely N-dealkylation sites (tertiary alicyclic amines) is 1. The van der Waals surface area contributed by atoms with Crippen molar-refractivity contribution in [1.29, 1.82) is 0 Å². The number of nitrogens with one attached hydrogen (secondary N) is 3. The van der Waals surface area contributed by atoms with Gasteiger partial charge in [0.1, 0.15) is 17.1 Å². The first-order valence-electron chi connectivity index (χ1n) is 39.0. The average molecular weight is 1640 g/mol. The minimum absolute atomic E-state index is 0.0865. The molecule has 0 bridgehead atoms. The van der Waals surface area contributed by atoms with E-state index in [-0.39, 0.29) is 39.3 Å². The van der Waals surface area contributed by atoms with Gasteiger partial charge in [0.25, 0.3) is 17.7 Å². The fourth-order valence-corrected chi connectivity index (χ4v) is 14.4. The normalized spacial score (nSPS) is 13.6. The predicted molar refractivity (Wildman–Crippen MR) is 435 cm³/mol. The van der Waals surface area contributed by atoms with Crippen molar-refractivity contribution >= 4 is 34.8 Å². The molecule has 6 aromatic heterocycles. The number of aromatic nitrogens is 15. The Labute approximate surface area is 682 Å². The quantitative estimate of drug-likeness (QED) is 0.0600. The van der Waals surface area contributed by atoms with Gasteiger partial charge in [0.05, 0.1) is 84.1 Å². The number of nitrogens with zero attached hydrogens (tertiary/aromatic N) is 17. The highest BCUT2D eigenvalue weighted by Gasteiger charge is 2.37. The molecule has 14 rings (SSSR count). The van der Waals surface area contributed by atoms with Crippen LogP contribution in [0.3, 0.4) is 0 Å². The van der Waals surface area contributed by atoms with E-state index in [9.17, 15) is 53.9 Å². The van der Waals surface area contributed by atoms with Crippen molar-refractivity contribution in [2.75, 3.05) is 55.3 Å². The molecule has 2 aliphatic heterocycles. The SMILES string of the molecule is Cc1ccc(C(=O)Nc2cc(CCCC(C)C)c(C)c(C(F)(F)F)c2)cc1-n1cc(-c2cnn(C)c2C)nn1.Cc1ccc(C(=O)Nc2cc(CN3CCCCC3)c(C)c(C(F)(F)F)c2)cc1-n1cc(-c2cnn(C)c2C)nn1.Cc1ccc(C(=O)Nc2cc(CN3CCOCC3)c(C)c(C(F)(F)F)c2)cc1-n1cc(-c2cnn(C)c2C)nn1. The predicted octanol–water partition coefficient (Wildman–Crippen LogP) is 17.4. The van der Waals surface area contributed by atoms with Crippen LogP contribution in [0.2, 0.25) is 0 Å². The van der Waals surface area contributed by atoms with Gasteiger partial charge in [-0.2, -0.15) is 54.8 Å². The van der Waals surface area contributed by atoms with Crippen molar-refractivity contribution in [2.45, 2.75) is 146 Å². The van der Waals surface area contributed by atoms with E-state index in [1.54, 1.807) is 138 Å². The summed E-state index contributed by atoms with van der Waals surface area (Å²) < 4.78 is 140. The van der Waals surface area contributed by atoms with Gasteiger partial charge < -0.3 is 20.7 Å². The number of ether oxygens (including phenoxy) is 1. The zero-order valence-corrected chi connectivity index (χ0v) is 68.7. The second-order valence-corrected chi connectivity index (χ2v) is 30.7. The van der Waals surface area contributed by atoms with E-state index in [0.717, 1.165) is 114 Å². The van der Waals surface area contributed by atoms with E-state index in [4.69, 9.17) is 4.74 Å². The third-order valence-electron chi connectivity index (χ3n) is 22.0. The van der Waals surface area contributed by atoms with Crippen LogP contribution in [0.1, 0.15) is 161 Å². The number of piperidine rings is 1. The highest BCUT2D eigenvalue weighted by Crippen LogP contribution is 2.40. The van der Waals surface area contributed by atoms with Crippen LogP contribution in [0.15, 0.2) is 128 Å². The molecule has 6 aromatic carbocycles. The summed E-state index contributed by atoms with van der Waals surface area (Å²) >= 11 is 0. The lowest BCUT2D eigenvalue weighted by Gasteiger charge is -2.28. The Hall–Kier alpha value is -12.0. The molecule has 0 atom stereocenters. The van der Waals surface area contributed by atoms with Crippen LogP contribution in [-0.2, 0) is 63.9 Å². The van der Waals surface area contributed by atoms with Crippen LogP contribution in [0.5, 0.6) is 0 Å². The number of aryl methyl sites for hydroxylation is 7. The van der Waals surface area contributed by atoms with Crippen molar-refractivity contribution in [3.63, 3.8) is 0 Å². The molecule has 0 radical (unpaired) electrons. The van der Waals surface area contributed by atoms with Crippen LogP contribution in [0.4, 0.5) is 56.6 Å². The van der Waals surface area contributed by atoms with Crippen molar-refractivity contribution in [1.82, 2.24) is 84.1 Å². The highest BCUT2D eigenvalue weighted by atomic mass is 19.4. The highest BCUT2D eigenvalue weighted by molar-refractivity contribution is 6.06. The zero-order chi connectivity index (χ0) is 85.7. The largest absolute Gasteiger partial charge is 0.416 e. The van der Waals surface area contributed by atoms with Crippen molar-refractivity contribution in [2.24, 2.45) is 27.1 Å². The molecule has 0 spiro atoms. The number of carbonyl (C=O) groups is 3. The molecule has 3 N–H and O–H groups in total. The summed E-state index contributed by atoms with van der Waals surface area (Å²) in [5, 5.41) is 46.3. The summed E-state index contributed by atoms with van der Waals surface area (Å²) in [6, 6.07) is 23.1.